The predicted molar refractivity (Wildman–Crippen MR) is 69.3 cm³/mol. The van der Waals surface area contributed by atoms with Crippen molar-refractivity contribution in [3.63, 3.8) is 0 Å². The summed E-state index contributed by atoms with van der Waals surface area (Å²) in [5.41, 5.74) is 6.33. The van der Waals surface area contributed by atoms with Crippen LogP contribution in [0.3, 0.4) is 0 Å². The van der Waals surface area contributed by atoms with Crippen molar-refractivity contribution in [3.8, 4) is 0 Å². The number of anilines is 1. The molecule has 1 heterocycles. The quantitative estimate of drug-likeness (QED) is 0.720. The van der Waals surface area contributed by atoms with Crippen LogP contribution in [0, 0.1) is 5.92 Å². The minimum Gasteiger partial charge on any atom is -0.397 e. The van der Waals surface area contributed by atoms with Crippen molar-refractivity contribution in [2.45, 2.75) is 25.3 Å². The Kier molecular flexibility index (Phi) is 4.04. The topological polar surface area (TPSA) is 88.2 Å². The van der Waals surface area contributed by atoms with E-state index in [9.17, 15) is 9.90 Å². The minimum absolute atomic E-state index is 0.00819. The maximum Gasteiger partial charge on any atom is 0.253 e. The third-order valence-electron chi connectivity index (χ3n) is 3.36. The number of amides is 1. The number of nitrogens with two attached hydrogens (primary N) is 1. The summed E-state index contributed by atoms with van der Waals surface area (Å²) >= 11 is 5.75. The Morgan fingerprint density at radius 3 is 3.11 bits per heavy atom. The standard InChI is InChI=1S/C12H16ClN3O2/c13-11-4-8(9(14)5-15-11)12(18)16-10-3-1-2-7(10)6-17/h4-5,7,10,17H,1-3,6,14H2,(H,16,18). The second-order valence-corrected chi connectivity index (χ2v) is 4.94. The highest BCUT2D eigenvalue weighted by atomic mass is 35.5. The van der Waals surface area contributed by atoms with Gasteiger partial charge in [-0.15, -0.1) is 0 Å². The van der Waals surface area contributed by atoms with Gasteiger partial charge in [0.2, 0.25) is 0 Å². The molecule has 0 aliphatic heterocycles. The molecule has 0 spiro atoms. The summed E-state index contributed by atoms with van der Waals surface area (Å²) in [4.78, 5) is 15.9. The number of nitrogens with one attached hydrogen (secondary N) is 1. The van der Waals surface area contributed by atoms with Crippen LogP contribution >= 0.6 is 11.6 Å². The smallest absolute Gasteiger partial charge is 0.253 e. The van der Waals surface area contributed by atoms with Crippen LogP contribution in [0.25, 0.3) is 0 Å². The zero-order chi connectivity index (χ0) is 13.1. The van der Waals surface area contributed by atoms with Crippen LogP contribution < -0.4 is 11.1 Å². The van der Waals surface area contributed by atoms with E-state index in [2.05, 4.69) is 10.3 Å². The lowest BCUT2D eigenvalue weighted by atomic mass is 10.0. The first kappa shape index (κ1) is 13.1. The normalized spacial score (nSPS) is 23.0. The molecule has 2 rings (SSSR count). The number of nitrogens with zero attached hydrogens (tertiary/aromatic N) is 1. The SMILES string of the molecule is Nc1cnc(Cl)cc1C(=O)NC1CCCC1CO. The van der Waals surface area contributed by atoms with Crippen molar-refractivity contribution in [1.82, 2.24) is 10.3 Å². The third kappa shape index (κ3) is 2.73. The predicted octanol–water partition coefficient (Wildman–Crippen LogP) is 1.21. The van der Waals surface area contributed by atoms with Crippen LogP contribution in [-0.4, -0.2) is 28.6 Å². The molecule has 98 valence electrons. The van der Waals surface area contributed by atoms with Crippen LogP contribution in [0.1, 0.15) is 29.6 Å². The number of carbonyl (C=O) groups excluding carboxylic acids is 1. The number of aromatic nitrogens is 1. The molecule has 5 nitrogen and oxygen atoms in total. The molecule has 1 aliphatic carbocycles. The van der Waals surface area contributed by atoms with Crippen LogP contribution in [0.15, 0.2) is 12.3 Å². The number of carbonyl (C=O) groups is 1. The van der Waals surface area contributed by atoms with Crippen molar-refractivity contribution in [2.24, 2.45) is 5.92 Å². The van der Waals surface area contributed by atoms with Gasteiger partial charge in [-0.2, -0.15) is 0 Å². The van der Waals surface area contributed by atoms with E-state index in [0.717, 1.165) is 19.3 Å². The summed E-state index contributed by atoms with van der Waals surface area (Å²) < 4.78 is 0. The Bertz CT molecular complexity index is 453. The Balaban J connectivity index is 2.09. The van der Waals surface area contributed by atoms with E-state index in [0.29, 0.717) is 11.3 Å². The molecule has 0 bridgehead atoms. The van der Waals surface area contributed by atoms with Crippen molar-refractivity contribution >= 4 is 23.2 Å². The van der Waals surface area contributed by atoms with Crippen molar-refractivity contribution in [2.75, 3.05) is 12.3 Å². The molecule has 1 saturated carbocycles. The fourth-order valence-electron chi connectivity index (χ4n) is 2.33. The van der Waals surface area contributed by atoms with Gasteiger partial charge in [-0.3, -0.25) is 4.79 Å². The lowest BCUT2D eigenvalue weighted by Gasteiger charge is -2.19. The molecule has 0 aromatic carbocycles. The van der Waals surface area contributed by atoms with Gasteiger partial charge < -0.3 is 16.2 Å². The number of aliphatic hydroxyl groups is 1. The first-order valence-electron chi connectivity index (χ1n) is 5.94. The number of halogens is 1. The summed E-state index contributed by atoms with van der Waals surface area (Å²) in [5.74, 6) is -0.130. The zero-order valence-corrected chi connectivity index (χ0v) is 10.7. The summed E-state index contributed by atoms with van der Waals surface area (Å²) in [7, 11) is 0. The third-order valence-corrected chi connectivity index (χ3v) is 3.56. The molecule has 1 fully saturated rings. The first-order valence-corrected chi connectivity index (χ1v) is 6.32. The molecule has 1 aromatic rings. The molecular weight excluding hydrogens is 254 g/mol. The molecule has 1 aliphatic rings. The van der Waals surface area contributed by atoms with E-state index in [1.165, 1.54) is 12.3 Å². The maximum absolute atomic E-state index is 12.1. The maximum atomic E-state index is 12.1. The van der Waals surface area contributed by atoms with E-state index in [1.54, 1.807) is 0 Å². The van der Waals surface area contributed by atoms with Crippen molar-refractivity contribution in [3.05, 3.63) is 23.0 Å². The molecular formula is C12H16ClN3O2. The number of hydrogen-bond acceptors (Lipinski definition) is 4. The molecule has 0 saturated heterocycles. The molecule has 0 radical (unpaired) electrons. The van der Waals surface area contributed by atoms with Crippen LogP contribution in [0.5, 0.6) is 0 Å². The van der Waals surface area contributed by atoms with E-state index in [4.69, 9.17) is 17.3 Å². The largest absolute Gasteiger partial charge is 0.397 e. The monoisotopic (exact) mass is 269 g/mol. The number of rotatable bonds is 3. The highest BCUT2D eigenvalue weighted by molar-refractivity contribution is 6.29. The summed E-state index contributed by atoms with van der Waals surface area (Å²) in [6.45, 7) is 0.0948. The summed E-state index contributed by atoms with van der Waals surface area (Å²) in [5, 5.41) is 12.3. The molecule has 1 amide bonds. The highest BCUT2D eigenvalue weighted by Gasteiger charge is 2.28. The van der Waals surface area contributed by atoms with E-state index in [1.807, 2.05) is 0 Å². The van der Waals surface area contributed by atoms with Crippen LogP contribution in [0.2, 0.25) is 5.15 Å². The zero-order valence-electron chi connectivity index (χ0n) is 9.90. The van der Waals surface area contributed by atoms with Crippen molar-refractivity contribution in [1.29, 1.82) is 0 Å². The fourth-order valence-corrected chi connectivity index (χ4v) is 2.49. The average molecular weight is 270 g/mol. The van der Waals surface area contributed by atoms with E-state index < -0.39 is 0 Å². The summed E-state index contributed by atoms with van der Waals surface area (Å²) in [6.07, 6.45) is 4.21. The van der Waals surface area contributed by atoms with Gasteiger partial charge in [0.05, 0.1) is 17.4 Å². The lowest BCUT2D eigenvalue weighted by molar-refractivity contribution is 0.0917. The Labute approximate surface area is 110 Å². The number of nitrogen functional groups attached to an aromatic ring is 1. The minimum atomic E-state index is -0.262. The molecule has 2 unspecified atom stereocenters. The Morgan fingerprint density at radius 2 is 2.39 bits per heavy atom. The fraction of sp³-hybridized carbons (Fsp3) is 0.500. The van der Waals surface area contributed by atoms with E-state index >= 15 is 0 Å². The van der Waals surface area contributed by atoms with Gasteiger partial charge in [0, 0.05) is 18.6 Å². The lowest BCUT2D eigenvalue weighted by Crippen LogP contribution is -2.38. The van der Waals surface area contributed by atoms with Gasteiger partial charge in [-0.25, -0.2) is 4.98 Å². The van der Waals surface area contributed by atoms with Gasteiger partial charge in [-0.05, 0) is 18.9 Å². The second kappa shape index (κ2) is 5.54. The average Bonchev–Trinajstić information content (AvgIpc) is 2.79. The first-order chi connectivity index (χ1) is 8.61. The van der Waals surface area contributed by atoms with Crippen molar-refractivity contribution < 1.29 is 9.90 Å². The van der Waals surface area contributed by atoms with Gasteiger partial charge in [0.25, 0.3) is 5.91 Å². The molecule has 18 heavy (non-hydrogen) atoms. The van der Waals surface area contributed by atoms with Gasteiger partial charge in [0.1, 0.15) is 5.15 Å². The second-order valence-electron chi connectivity index (χ2n) is 4.55. The molecule has 4 N–H and O–H groups in total. The number of pyridine rings is 1. The van der Waals surface area contributed by atoms with Gasteiger partial charge in [0.15, 0.2) is 0 Å². The Hall–Kier alpha value is -1.33. The number of hydrogen-bond donors (Lipinski definition) is 3. The van der Waals surface area contributed by atoms with E-state index in [-0.39, 0.29) is 29.6 Å². The molecule has 6 heteroatoms. The number of aliphatic hydroxyl groups excluding tert-OH is 1. The molecule has 2 atom stereocenters. The molecule has 1 aromatic heterocycles. The highest BCUT2D eigenvalue weighted by Crippen LogP contribution is 2.25. The van der Waals surface area contributed by atoms with Gasteiger partial charge in [-0.1, -0.05) is 18.0 Å². The van der Waals surface area contributed by atoms with Crippen LogP contribution in [-0.2, 0) is 0 Å². The Morgan fingerprint density at radius 1 is 1.61 bits per heavy atom. The van der Waals surface area contributed by atoms with Gasteiger partial charge >= 0.3 is 0 Å². The summed E-state index contributed by atoms with van der Waals surface area (Å²) in [6, 6.07) is 1.46. The van der Waals surface area contributed by atoms with Crippen LogP contribution in [0.4, 0.5) is 5.69 Å².